The van der Waals surface area contributed by atoms with Crippen molar-refractivity contribution in [1.82, 2.24) is 0 Å². The molecule has 5 nitrogen and oxygen atoms in total. The monoisotopic (exact) mass is 514 g/mol. The van der Waals surface area contributed by atoms with Crippen LogP contribution in [0.25, 0.3) is 0 Å². The third-order valence-electron chi connectivity index (χ3n) is 5.19. The number of ether oxygens (including phenoxy) is 1. The minimum atomic E-state index is -4.55. The van der Waals surface area contributed by atoms with Crippen LogP contribution in [0.5, 0.6) is 0 Å². The molecule has 1 N–H and O–H groups in total. The van der Waals surface area contributed by atoms with Crippen LogP contribution in [0.3, 0.4) is 0 Å². The zero-order valence-electron chi connectivity index (χ0n) is 18.8. The Kier molecular flexibility index (Phi) is 11.7. The molecule has 0 aliphatic heterocycles. The molecule has 9 heteroatoms. The Morgan fingerprint density at radius 3 is 1.97 bits per heavy atom. The van der Waals surface area contributed by atoms with Crippen LogP contribution in [0.2, 0.25) is 0 Å². The number of carbonyl (C=O) groups is 1. The van der Waals surface area contributed by atoms with Crippen molar-refractivity contribution in [2.45, 2.75) is 30.8 Å². The average molecular weight is 515 g/mol. The molecule has 3 aromatic rings. The molecule has 3 rings (SSSR count). The summed E-state index contributed by atoms with van der Waals surface area (Å²) in [7, 11) is -7.28. The molecule has 0 aliphatic rings. The van der Waals surface area contributed by atoms with E-state index in [4.69, 9.17) is 4.74 Å². The van der Waals surface area contributed by atoms with Crippen molar-refractivity contribution < 1.29 is 64.5 Å². The number of rotatable bonds is 8. The molecule has 1 unspecified atom stereocenters. The molecule has 0 spiro atoms. The van der Waals surface area contributed by atoms with Crippen LogP contribution in [-0.2, 0) is 19.6 Å². The van der Waals surface area contributed by atoms with Gasteiger partial charge in [0.05, 0.1) is 36.6 Å². The van der Waals surface area contributed by atoms with Gasteiger partial charge in [-0.15, -0.1) is 6.07 Å². The smallest absolute Gasteiger partial charge is 1.00 e. The van der Waals surface area contributed by atoms with Crippen molar-refractivity contribution in [3.8, 4) is 0 Å². The summed E-state index contributed by atoms with van der Waals surface area (Å²) >= 11 is 0. The van der Waals surface area contributed by atoms with Gasteiger partial charge in [0.15, 0.2) is 0 Å². The van der Waals surface area contributed by atoms with E-state index in [-0.39, 0.29) is 71.5 Å². The fourth-order valence-electron chi connectivity index (χ4n) is 3.99. The summed E-state index contributed by atoms with van der Waals surface area (Å²) in [6.45, 7) is 3.95. The number of halogens is 1. The summed E-state index contributed by atoms with van der Waals surface area (Å²) in [5, 5.41) is 2.27. The zero-order valence-corrected chi connectivity index (χ0v) is 23.3. The van der Waals surface area contributed by atoms with Gasteiger partial charge < -0.3 is 17.1 Å². The molecule has 0 fully saturated rings. The molecule has 0 saturated heterocycles. The van der Waals surface area contributed by atoms with E-state index < -0.39 is 17.4 Å². The average Bonchev–Trinajstić information content (AvgIpc) is 2.76. The van der Waals surface area contributed by atoms with Crippen molar-refractivity contribution in [1.29, 1.82) is 0 Å². The second-order valence-corrected chi connectivity index (χ2v) is 12.3. The van der Waals surface area contributed by atoms with E-state index in [1.807, 2.05) is 67.6 Å². The van der Waals surface area contributed by atoms with Crippen LogP contribution in [0.4, 0.5) is 0 Å². The maximum absolute atomic E-state index is 12.5. The molecule has 0 saturated carbocycles. The molecule has 0 heterocycles. The minimum absolute atomic E-state index is 0. The standard InChI is InChI=1S/C24H25O5PS.ClH.Na/c1-3-29-24(25)18-19(2)30(20-12-6-4-7-13-20,21-14-8-5-9-15-21)22-16-10-11-17-23(22)31(26,27)28;;/h4-16,19H,3,18H2,1-2H3,(H,26,27,28);1H;/q;;+1/p-1. The number of hydrogen-bond donors (Lipinski definition) is 1. The van der Waals surface area contributed by atoms with Gasteiger partial charge in [-0.1, -0.05) is 36.4 Å². The van der Waals surface area contributed by atoms with Crippen LogP contribution >= 0.6 is 7.26 Å². The number of carbonyl (C=O) groups excluding carboxylic acids is 1. The van der Waals surface area contributed by atoms with Crippen LogP contribution in [0.1, 0.15) is 20.3 Å². The maximum atomic E-state index is 12.5. The Bertz CT molecular complexity index is 1100. The van der Waals surface area contributed by atoms with Crippen LogP contribution in [0, 0.1) is 6.07 Å². The van der Waals surface area contributed by atoms with Crippen LogP contribution in [0.15, 0.2) is 83.8 Å². The van der Waals surface area contributed by atoms with Gasteiger partial charge in [-0.2, -0.15) is 26.6 Å². The van der Waals surface area contributed by atoms with E-state index in [0.29, 0.717) is 5.30 Å². The van der Waals surface area contributed by atoms with Gasteiger partial charge in [-0.3, -0.25) is 9.35 Å². The van der Waals surface area contributed by atoms with E-state index >= 15 is 0 Å². The quantitative estimate of drug-likeness (QED) is 0.117. The van der Waals surface area contributed by atoms with Crippen molar-refractivity contribution >= 4 is 39.3 Å². The van der Waals surface area contributed by atoms with E-state index in [1.54, 1.807) is 19.1 Å². The molecule has 0 radical (unpaired) electrons. The minimum Gasteiger partial charge on any atom is -1.00 e. The summed E-state index contributed by atoms with van der Waals surface area (Å²) in [4.78, 5) is 12.2. The van der Waals surface area contributed by atoms with Crippen molar-refractivity contribution in [2.75, 3.05) is 6.61 Å². The molecule has 170 valence electrons. The fourth-order valence-corrected chi connectivity index (χ4v) is 10.1. The number of benzene rings is 3. The molecule has 0 bridgehead atoms. The van der Waals surface area contributed by atoms with Gasteiger partial charge in [0.1, 0.15) is 0 Å². The molecule has 33 heavy (non-hydrogen) atoms. The first-order chi connectivity index (χ1) is 14.8. The molecular weight excluding hydrogens is 490 g/mol. The normalized spacial score (nSPS) is 12.1. The number of esters is 1. The Labute approximate surface area is 224 Å². The largest absolute Gasteiger partial charge is 1.00 e. The van der Waals surface area contributed by atoms with E-state index in [1.165, 1.54) is 6.07 Å². The Hall–Kier alpha value is -1.24. The Balaban J connectivity index is 0.00000272. The van der Waals surface area contributed by atoms with Crippen molar-refractivity contribution in [3.63, 3.8) is 0 Å². The summed E-state index contributed by atoms with van der Waals surface area (Å²) in [5.74, 6) is -0.348. The van der Waals surface area contributed by atoms with Gasteiger partial charge >= 0.3 is 35.5 Å². The first-order valence-electron chi connectivity index (χ1n) is 9.96. The van der Waals surface area contributed by atoms with E-state index in [0.717, 1.165) is 10.6 Å². The van der Waals surface area contributed by atoms with Crippen molar-refractivity contribution in [2.24, 2.45) is 0 Å². The zero-order chi connectivity index (χ0) is 22.5. The summed E-state index contributed by atoms with van der Waals surface area (Å²) in [5.41, 5.74) is -0.298. The SMILES string of the molecule is CCOC(=O)CC(C)[P+](c1ccccc1)(c1ccccc1)c1ccc[c-]c1S(=O)(=O)O.[Cl-].[Na+]. The summed E-state index contributed by atoms with van der Waals surface area (Å²) < 4.78 is 40.0. The predicted molar refractivity (Wildman–Crippen MR) is 125 cm³/mol. The Morgan fingerprint density at radius 2 is 1.52 bits per heavy atom. The Morgan fingerprint density at radius 1 is 1.00 bits per heavy atom. The molecule has 0 aromatic heterocycles. The fraction of sp³-hybridized carbons (Fsp3) is 0.208. The van der Waals surface area contributed by atoms with Gasteiger partial charge in [-0.05, 0) is 38.1 Å². The second kappa shape index (κ2) is 13.0. The van der Waals surface area contributed by atoms with Gasteiger partial charge in [-0.25, -0.2) is 0 Å². The maximum Gasteiger partial charge on any atom is 1.00 e. The van der Waals surface area contributed by atoms with Crippen LogP contribution < -0.4 is 57.9 Å². The third kappa shape index (κ3) is 6.46. The van der Waals surface area contributed by atoms with Gasteiger partial charge in [0.2, 0.25) is 0 Å². The summed E-state index contributed by atoms with van der Waals surface area (Å²) in [6.07, 6.45) is 0.102. The summed E-state index contributed by atoms with van der Waals surface area (Å²) in [6, 6.07) is 26.8. The molecule has 1 atom stereocenters. The first kappa shape index (κ1) is 29.8. The predicted octanol–water partition coefficient (Wildman–Crippen LogP) is -2.62. The number of hydrogen-bond acceptors (Lipinski definition) is 4. The van der Waals surface area contributed by atoms with Gasteiger partial charge in [0, 0.05) is 10.2 Å². The first-order valence-corrected chi connectivity index (χ1v) is 13.3. The second-order valence-electron chi connectivity index (χ2n) is 7.11. The molecule has 0 amide bonds. The molecule has 3 aromatic carbocycles. The van der Waals surface area contributed by atoms with E-state index in [9.17, 15) is 17.8 Å². The van der Waals surface area contributed by atoms with Gasteiger partial charge in [0.25, 0.3) is 10.1 Å². The third-order valence-corrected chi connectivity index (χ3v) is 11.1. The topological polar surface area (TPSA) is 80.7 Å². The molecule has 0 aliphatic carbocycles. The van der Waals surface area contributed by atoms with E-state index in [2.05, 4.69) is 6.07 Å². The van der Waals surface area contributed by atoms with Crippen LogP contribution in [-0.4, -0.2) is 31.2 Å². The molecular formula is C24H25ClNaO5PS. The van der Waals surface area contributed by atoms with Crippen molar-refractivity contribution in [3.05, 3.63) is 84.9 Å².